The van der Waals surface area contributed by atoms with Gasteiger partial charge in [-0.1, -0.05) is 52.3 Å². The Kier molecular flexibility index (Phi) is 3.88. The molecule has 0 saturated carbocycles. The number of carbonyl (C=O) groups excluding carboxylic acids is 2. The lowest BCUT2D eigenvalue weighted by Gasteiger charge is -2.28. The van der Waals surface area contributed by atoms with Gasteiger partial charge in [0.25, 0.3) is 0 Å². The van der Waals surface area contributed by atoms with Crippen molar-refractivity contribution in [1.82, 2.24) is 0 Å². The summed E-state index contributed by atoms with van der Waals surface area (Å²) in [5.41, 5.74) is 2.58. The summed E-state index contributed by atoms with van der Waals surface area (Å²) in [7, 11) is 0. The molecule has 2 aromatic carbocycles. The van der Waals surface area contributed by atoms with Crippen LogP contribution in [0.2, 0.25) is 0 Å². The number of aryl methyl sites for hydroxylation is 1. The molecular formula is C17H14BrNO2. The smallest absolute Gasteiger partial charge is 0.227 e. The van der Waals surface area contributed by atoms with Crippen molar-refractivity contribution < 1.29 is 9.59 Å². The van der Waals surface area contributed by atoms with E-state index in [9.17, 15) is 9.59 Å². The van der Waals surface area contributed by atoms with Crippen molar-refractivity contribution in [3.05, 3.63) is 64.1 Å². The fourth-order valence-electron chi connectivity index (χ4n) is 2.59. The van der Waals surface area contributed by atoms with Gasteiger partial charge in [-0.25, -0.2) is 0 Å². The van der Waals surface area contributed by atoms with Crippen LogP contribution in [0.4, 0.5) is 5.69 Å². The summed E-state index contributed by atoms with van der Waals surface area (Å²) in [4.78, 5) is 26.2. The summed E-state index contributed by atoms with van der Waals surface area (Å²) < 4.78 is 0.757. The van der Waals surface area contributed by atoms with Crippen molar-refractivity contribution in [3.63, 3.8) is 0 Å². The van der Waals surface area contributed by atoms with Gasteiger partial charge in [-0.15, -0.1) is 0 Å². The van der Waals surface area contributed by atoms with E-state index < -0.39 is 0 Å². The zero-order valence-electron chi connectivity index (χ0n) is 11.4. The SMILES string of the molecule is O=C(CN1C(=O)CCc2ccccc21)c1ccccc1Br. The minimum Gasteiger partial charge on any atom is -0.304 e. The lowest BCUT2D eigenvalue weighted by atomic mass is 10.0. The van der Waals surface area contributed by atoms with E-state index in [1.807, 2.05) is 42.5 Å². The van der Waals surface area contributed by atoms with Crippen LogP contribution < -0.4 is 4.90 Å². The van der Waals surface area contributed by atoms with Gasteiger partial charge in [-0.3, -0.25) is 9.59 Å². The minimum absolute atomic E-state index is 0.00843. The molecular weight excluding hydrogens is 330 g/mol. The predicted molar refractivity (Wildman–Crippen MR) is 85.6 cm³/mol. The molecule has 1 aliphatic rings. The van der Waals surface area contributed by atoms with Crippen molar-refractivity contribution in [2.75, 3.05) is 11.4 Å². The van der Waals surface area contributed by atoms with E-state index in [4.69, 9.17) is 0 Å². The van der Waals surface area contributed by atoms with Gasteiger partial charge in [0, 0.05) is 22.1 Å². The van der Waals surface area contributed by atoms with Gasteiger partial charge in [0.2, 0.25) is 5.91 Å². The van der Waals surface area contributed by atoms with E-state index in [2.05, 4.69) is 15.9 Å². The highest BCUT2D eigenvalue weighted by atomic mass is 79.9. The van der Waals surface area contributed by atoms with E-state index in [1.165, 1.54) is 0 Å². The van der Waals surface area contributed by atoms with Crippen molar-refractivity contribution in [2.24, 2.45) is 0 Å². The number of Topliss-reactive ketones (excluding diaryl/α,β-unsaturated/α-hetero) is 1. The Morgan fingerprint density at radius 2 is 1.76 bits per heavy atom. The molecule has 0 unspecified atom stereocenters. The Balaban J connectivity index is 1.89. The zero-order valence-corrected chi connectivity index (χ0v) is 13.0. The van der Waals surface area contributed by atoms with Crippen molar-refractivity contribution >= 4 is 33.3 Å². The van der Waals surface area contributed by atoms with Crippen LogP contribution in [0.1, 0.15) is 22.3 Å². The molecule has 2 aromatic rings. The third-order valence-corrected chi connectivity index (χ3v) is 4.36. The van der Waals surface area contributed by atoms with Crippen LogP contribution in [0.25, 0.3) is 0 Å². The Morgan fingerprint density at radius 1 is 1.05 bits per heavy atom. The predicted octanol–water partition coefficient (Wildman–Crippen LogP) is 3.61. The Morgan fingerprint density at radius 3 is 2.57 bits per heavy atom. The monoisotopic (exact) mass is 343 g/mol. The molecule has 0 aliphatic carbocycles. The molecule has 3 nitrogen and oxygen atoms in total. The molecule has 0 spiro atoms. The standard InChI is InChI=1S/C17H14BrNO2/c18-14-7-3-2-6-13(14)16(20)11-19-15-8-4-1-5-12(15)9-10-17(19)21/h1-8H,9-11H2. The molecule has 0 radical (unpaired) electrons. The average Bonchev–Trinajstić information content (AvgIpc) is 2.50. The van der Waals surface area contributed by atoms with Crippen LogP contribution in [0.15, 0.2) is 53.0 Å². The topological polar surface area (TPSA) is 37.4 Å². The molecule has 1 heterocycles. The molecule has 0 atom stereocenters. The van der Waals surface area contributed by atoms with Gasteiger partial charge in [0.15, 0.2) is 5.78 Å². The summed E-state index contributed by atoms with van der Waals surface area (Å²) in [6.45, 7) is 0.0818. The number of para-hydroxylation sites is 1. The Hall–Kier alpha value is -1.94. The second-order valence-corrected chi connectivity index (χ2v) is 5.87. The number of hydrogen-bond acceptors (Lipinski definition) is 2. The van der Waals surface area contributed by atoms with Gasteiger partial charge in [-0.2, -0.15) is 0 Å². The van der Waals surface area contributed by atoms with Crippen LogP contribution in [-0.2, 0) is 11.2 Å². The van der Waals surface area contributed by atoms with Gasteiger partial charge < -0.3 is 4.90 Å². The molecule has 0 saturated heterocycles. The third kappa shape index (κ3) is 2.76. The van der Waals surface area contributed by atoms with Crippen LogP contribution in [0.3, 0.4) is 0 Å². The third-order valence-electron chi connectivity index (χ3n) is 3.67. The lowest BCUT2D eigenvalue weighted by Crippen LogP contribution is -2.39. The quantitative estimate of drug-likeness (QED) is 0.798. The van der Waals surface area contributed by atoms with E-state index in [1.54, 1.807) is 11.0 Å². The van der Waals surface area contributed by atoms with E-state index in [-0.39, 0.29) is 18.2 Å². The number of rotatable bonds is 3. The summed E-state index contributed by atoms with van der Waals surface area (Å²) >= 11 is 3.38. The molecule has 0 bridgehead atoms. The van der Waals surface area contributed by atoms with Crippen molar-refractivity contribution in [3.8, 4) is 0 Å². The van der Waals surface area contributed by atoms with Crippen molar-refractivity contribution in [2.45, 2.75) is 12.8 Å². The number of anilines is 1. The largest absolute Gasteiger partial charge is 0.304 e. The number of benzene rings is 2. The number of nitrogens with zero attached hydrogens (tertiary/aromatic N) is 1. The van der Waals surface area contributed by atoms with E-state index >= 15 is 0 Å². The number of halogens is 1. The maximum atomic E-state index is 12.5. The van der Waals surface area contributed by atoms with Crippen molar-refractivity contribution in [1.29, 1.82) is 0 Å². The number of amides is 1. The molecule has 0 aromatic heterocycles. The highest BCUT2D eigenvalue weighted by molar-refractivity contribution is 9.10. The van der Waals surface area contributed by atoms with E-state index in [0.29, 0.717) is 12.0 Å². The molecule has 21 heavy (non-hydrogen) atoms. The fourth-order valence-corrected chi connectivity index (χ4v) is 3.09. The van der Waals surface area contributed by atoms with Gasteiger partial charge in [-0.05, 0) is 24.1 Å². The molecule has 1 aliphatic heterocycles. The number of carbonyl (C=O) groups is 2. The minimum atomic E-state index is -0.0625. The summed E-state index contributed by atoms with van der Waals surface area (Å²) in [5, 5.41) is 0. The highest BCUT2D eigenvalue weighted by Crippen LogP contribution is 2.28. The van der Waals surface area contributed by atoms with Gasteiger partial charge in [0.1, 0.15) is 0 Å². The van der Waals surface area contributed by atoms with Crippen LogP contribution in [0, 0.1) is 0 Å². The lowest BCUT2D eigenvalue weighted by molar-refractivity contribution is -0.118. The average molecular weight is 344 g/mol. The fraction of sp³-hybridized carbons (Fsp3) is 0.176. The van der Waals surface area contributed by atoms with Crippen LogP contribution in [-0.4, -0.2) is 18.2 Å². The first-order chi connectivity index (χ1) is 10.2. The molecule has 0 fully saturated rings. The second kappa shape index (κ2) is 5.82. The number of hydrogen-bond donors (Lipinski definition) is 0. The Labute approximate surface area is 131 Å². The normalized spacial score (nSPS) is 14.0. The number of fused-ring (bicyclic) bond motifs is 1. The van der Waals surface area contributed by atoms with Gasteiger partial charge >= 0.3 is 0 Å². The summed E-state index contributed by atoms with van der Waals surface area (Å²) in [6, 6.07) is 15.1. The zero-order chi connectivity index (χ0) is 14.8. The van der Waals surface area contributed by atoms with Gasteiger partial charge in [0.05, 0.1) is 6.54 Å². The molecule has 0 N–H and O–H groups in total. The maximum Gasteiger partial charge on any atom is 0.227 e. The molecule has 4 heteroatoms. The molecule has 1 amide bonds. The first-order valence-corrected chi connectivity index (χ1v) is 7.62. The Bertz CT molecular complexity index is 711. The second-order valence-electron chi connectivity index (χ2n) is 5.01. The van der Waals surface area contributed by atoms with Crippen LogP contribution >= 0.6 is 15.9 Å². The number of ketones is 1. The summed E-state index contributed by atoms with van der Waals surface area (Å²) in [6.07, 6.45) is 1.20. The molecule has 3 rings (SSSR count). The molecule has 106 valence electrons. The van der Waals surface area contributed by atoms with Crippen LogP contribution in [0.5, 0.6) is 0 Å². The van der Waals surface area contributed by atoms with E-state index in [0.717, 1.165) is 22.1 Å². The summed E-state index contributed by atoms with van der Waals surface area (Å²) in [5.74, 6) is -0.0540. The maximum absolute atomic E-state index is 12.5. The first kappa shape index (κ1) is 14.0. The highest BCUT2D eigenvalue weighted by Gasteiger charge is 2.26. The first-order valence-electron chi connectivity index (χ1n) is 6.83.